The Kier molecular flexibility index (Phi) is 4.55. The van der Waals surface area contributed by atoms with Gasteiger partial charge in [0, 0.05) is 30.3 Å². The van der Waals surface area contributed by atoms with E-state index < -0.39 is 0 Å². The van der Waals surface area contributed by atoms with Crippen LogP contribution in [0.2, 0.25) is 0 Å². The highest BCUT2D eigenvalue weighted by Crippen LogP contribution is 2.40. The zero-order chi connectivity index (χ0) is 14.8. The molecule has 1 aromatic carbocycles. The molecule has 2 aliphatic heterocycles. The molecule has 0 unspecified atom stereocenters. The summed E-state index contributed by atoms with van der Waals surface area (Å²) < 4.78 is 0. The van der Waals surface area contributed by atoms with E-state index in [9.17, 15) is 4.79 Å². The third-order valence-corrected chi connectivity index (χ3v) is 5.89. The maximum Gasteiger partial charge on any atom is 0.231 e. The van der Waals surface area contributed by atoms with Gasteiger partial charge in [-0.15, -0.1) is 11.8 Å². The van der Waals surface area contributed by atoms with Crippen molar-refractivity contribution in [3.05, 3.63) is 29.8 Å². The van der Waals surface area contributed by atoms with Crippen LogP contribution in [0.25, 0.3) is 0 Å². The second-order valence-corrected chi connectivity index (χ2v) is 7.26. The van der Waals surface area contributed by atoms with Gasteiger partial charge in [0.2, 0.25) is 5.91 Å². The number of thioether (sulfide) groups is 1. The summed E-state index contributed by atoms with van der Waals surface area (Å²) in [6, 6.07) is 8.37. The first-order valence-electron chi connectivity index (χ1n) is 7.88. The average molecular weight is 304 g/mol. The van der Waals surface area contributed by atoms with Crippen LogP contribution in [0.15, 0.2) is 29.2 Å². The van der Waals surface area contributed by atoms with Crippen molar-refractivity contribution in [3.63, 3.8) is 0 Å². The van der Waals surface area contributed by atoms with Crippen LogP contribution < -0.4 is 0 Å². The number of hydrogen-bond donors (Lipinski definition) is 0. The second kappa shape index (κ2) is 6.41. The van der Waals surface area contributed by atoms with Crippen LogP contribution in [-0.2, 0) is 4.79 Å². The summed E-state index contributed by atoms with van der Waals surface area (Å²) in [5.41, 5.74) is 1.24. The van der Waals surface area contributed by atoms with Gasteiger partial charge in [-0.1, -0.05) is 25.1 Å². The molecule has 0 bridgehead atoms. The van der Waals surface area contributed by atoms with Crippen LogP contribution in [0.4, 0.5) is 0 Å². The molecule has 0 saturated carbocycles. The molecule has 1 aromatic rings. The number of hydrogen-bond acceptors (Lipinski definition) is 3. The lowest BCUT2D eigenvalue weighted by atomic mass is 10.00. The van der Waals surface area contributed by atoms with Crippen molar-refractivity contribution in [2.75, 3.05) is 39.0 Å². The maximum atomic E-state index is 12.8. The number of carbonyl (C=O) groups excluding carboxylic acids is 1. The van der Waals surface area contributed by atoms with Gasteiger partial charge in [-0.2, -0.15) is 0 Å². The van der Waals surface area contributed by atoms with E-state index in [1.807, 2.05) is 17.8 Å². The molecule has 1 fully saturated rings. The van der Waals surface area contributed by atoms with Gasteiger partial charge >= 0.3 is 0 Å². The van der Waals surface area contributed by atoms with Crippen molar-refractivity contribution in [2.45, 2.75) is 24.2 Å². The fourth-order valence-corrected chi connectivity index (χ4v) is 4.56. The molecule has 1 amide bonds. The molecule has 2 heterocycles. The summed E-state index contributed by atoms with van der Waals surface area (Å²) in [6.45, 7) is 6.24. The molecule has 2 atom stereocenters. The lowest BCUT2D eigenvalue weighted by molar-refractivity contribution is -0.131. The smallest absolute Gasteiger partial charge is 0.231 e. The molecule has 1 saturated heterocycles. The molecule has 3 rings (SSSR count). The molecule has 0 spiro atoms. The van der Waals surface area contributed by atoms with Gasteiger partial charge in [-0.3, -0.25) is 4.79 Å². The first kappa shape index (κ1) is 14.9. The predicted molar refractivity (Wildman–Crippen MR) is 87.8 cm³/mol. The van der Waals surface area contributed by atoms with E-state index in [0.29, 0.717) is 11.8 Å². The molecule has 21 heavy (non-hydrogen) atoms. The lowest BCUT2D eigenvalue weighted by Gasteiger charge is -2.22. The van der Waals surface area contributed by atoms with Crippen LogP contribution in [-0.4, -0.2) is 54.7 Å². The lowest BCUT2D eigenvalue weighted by Crippen LogP contribution is -2.35. The Hall–Kier alpha value is -1.00. The van der Waals surface area contributed by atoms with Crippen LogP contribution in [0.1, 0.15) is 24.8 Å². The standard InChI is InChI=1S/C17H24N2OS/c1-3-18(2)10-13-8-9-19(11-13)17(20)15-12-21-16-7-5-4-6-14(15)16/h4-7,13,15H,3,8-12H2,1-2H3/t13-,15+/m0/s1. The van der Waals surface area contributed by atoms with Crippen molar-refractivity contribution in [3.8, 4) is 0 Å². The molecular formula is C17H24N2OS. The minimum Gasteiger partial charge on any atom is -0.342 e. The van der Waals surface area contributed by atoms with Crippen LogP contribution in [0, 0.1) is 5.92 Å². The van der Waals surface area contributed by atoms with Gasteiger partial charge in [0.05, 0.1) is 5.92 Å². The Labute approximate surface area is 131 Å². The third kappa shape index (κ3) is 3.11. The highest BCUT2D eigenvalue weighted by atomic mass is 32.2. The zero-order valence-electron chi connectivity index (χ0n) is 12.9. The fraction of sp³-hybridized carbons (Fsp3) is 0.588. The second-order valence-electron chi connectivity index (χ2n) is 6.20. The van der Waals surface area contributed by atoms with E-state index in [2.05, 4.69) is 42.0 Å². The van der Waals surface area contributed by atoms with Gasteiger partial charge in [0.15, 0.2) is 0 Å². The minimum absolute atomic E-state index is 0.0776. The molecule has 0 aliphatic carbocycles. The van der Waals surface area contributed by atoms with E-state index in [1.54, 1.807) is 0 Å². The first-order valence-corrected chi connectivity index (χ1v) is 8.86. The molecular weight excluding hydrogens is 280 g/mol. The molecule has 0 radical (unpaired) electrons. The van der Waals surface area contributed by atoms with Crippen molar-refractivity contribution < 1.29 is 4.79 Å². The van der Waals surface area contributed by atoms with Crippen LogP contribution >= 0.6 is 11.8 Å². The van der Waals surface area contributed by atoms with Crippen molar-refractivity contribution >= 4 is 17.7 Å². The van der Waals surface area contributed by atoms with E-state index in [1.165, 1.54) is 10.5 Å². The van der Waals surface area contributed by atoms with Crippen LogP contribution in [0.5, 0.6) is 0 Å². The number of rotatable bonds is 4. The van der Waals surface area contributed by atoms with Gasteiger partial charge < -0.3 is 9.80 Å². The van der Waals surface area contributed by atoms with Gasteiger partial charge in [0.1, 0.15) is 0 Å². The maximum absolute atomic E-state index is 12.8. The third-order valence-electron chi connectivity index (χ3n) is 4.71. The van der Waals surface area contributed by atoms with E-state index >= 15 is 0 Å². The summed E-state index contributed by atoms with van der Waals surface area (Å²) >= 11 is 1.82. The van der Waals surface area contributed by atoms with Crippen molar-refractivity contribution in [2.24, 2.45) is 5.92 Å². The molecule has 2 aliphatic rings. The normalized spacial score (nSPS) is 24.6. The first-order chi connectivity index (χ1) is 10.2. The summed E-state index contributed by atoms with van der Waals surface area (Å²) in [5, 5.41) is 0. The van der Waals surface area contributed by atoms with Gasteiger partial charge in [-0.25, -0.2) is 0 Å². The molecule has 4 heteroatoms. The Morgan fingerprint density at radius 3 is 3.05 bits per heavy atom. The monoisotopic (exact) mass is 304 g/mol. The van der Waals surface area contributed by atoms with Gasteiger partial charge in [0.25, 0.3) is 0 Å². The Morgan fingerprint density at radius 1 is 1.43 bits per heavy atom. The summed E-state index contributed by atoms with van der Waals surface area (Å²) in [4.78, 5) is 18.5. The number of carbonyl (C=O) groups is 1. The Balaban J connectivity index is 1.63. The number of benzene rings is 1. The zero-order valence-corrected chi connectivity index (χ0v) is 13.7. The largest absolute Gasteiger partial charge is 0.342 e. The molecule has 114 valence electrons. The minimum atomic E-state index is 0.0776. The molecule has 3 nitrogen and oxygen atoms in total. The number of amides is 1. The highest BCUT2D eigenvalue weighted by Gasteiger charge is 2.35. The Bertz CT molecular complexity index is 519. The van der Waals surface area contributed by atoms with Gasteiger partial charge in [-0.05, 0) is 37.6 Å². The molecule has 0 aromatic heterocycles. The molecule has 0 N–H and O–H groups in total. The SMILES string of the molecule is CCN(C)C[C@@H]1CCN(C(=O)[C@@H]2CSc3ccccc32)C1. The summed E-state index contributed by atoms with van der Waals surface area (Å²) in [6.07, 6.45) is 1.15. The fourth-order valence-electron chi connectivity index (χ4n) is 3.34. The predicted octanol–water partition coefficient (Wildman–Crippen LogP) is 2.68. The Morgan fingerprint density at radius 2 is 2.24 bits per heavy atom. The van der Waals surface area contributed by atoms with Crippen molar-refractivity contribution in [1.29, 1.82) is 0 Å². The topological polar surface area (TPSA) is 23.6 Å². The summed E-state index contributed by atoms with van der Waals surface area (Å²) in [5.74, 6) is 1.97. The van der Waals surface area contributed by atoms with E-state index in [-0.39, 0.29) is 5.92 Å². The number of likely N-dealkylation sites (tertiary alicyclic amines) is 1. The van der Waals surface area contributed by atoms with Crippen molar-refractivity contribution in [1.82, 2.24) is 9.80 Å². The number of nitrogens with zero attached hydrogens (tertiary/aromatic N) is 2. The average Bonchev–Trinajstić information content (AvgIpc) is 3.13. The highest BCUT2D eigenvalue weighted by molar-refractivity contribution is 7.99. The quantitative estimate of drug-likeness (QED) is 0.854. The van der Waals surface area contributed by atoms with E-state index in [0.717, 1.165) is 38.4 Å². The summed E-state index contributed by atoms with van der Waals surface area (Å²) in [7, 11) is 2.16. The van der Waals surface area contributed by atoms with Crippen LogP contribution in [0.3, 0.4) is 0 Å². The number of fused-ring (bicyclic) bond motifs is 1. The van der Waals surface area contributed by atoms with E-state index in [4.69, 9.17) is 0 Å².